The quantitative estimate of drug-likeness (QED) is 0.178. The second-order valence-corrected chi connectivity index (χ2v) is 17.0. The van der Waals surface area contributed by atoms with Crippen molar-refractivity contribution in [2.45, 2.75) is 116 Å². The van der Waals surface area contributed by atoms with E-state index < -0.39 is 23.6 Å². The predicted octanol–water partition coefficient (Wildman–Crippen LogP) is 5.28. The highest BCUT2D eigenvalue weighted by atomic mass is 32.1. The van der Waals surface area contributed by atoms with E-state index in [-0.39, 0.29) is 15.6 Å². The minimum absolute atomic E-state index is 0.0545. The van der Waals surface area contributed by atoms with Crippen molar-refractivity contribution in [1.29, 1.82) is 0 Å². The molecule has 0 spiro atoms. The van der Waals surface area contributed by atoms with Crippen LogP contribution in [0.3, 0.4) is 0 Å². The molecular formula is C24H52N4SSi2. The van der Waals surface area contributed by atoms with Crippen LogP contribution in [0.5, 0.6) is 0 Å². The fourth-order valence-electron chi connectivity index (χ4n) is 4.83. The molecule has 0 bridgehead atoms. The van der Waals surface area contributed by atoms with Gasteiger partial charge in [-0.25, -0.2) is 0 Å². The Kier molecular flexibility index (Phi) is 11.9. The lowest BCUT2D eigenvalue weighted by Crippen LogP contribution is -2.70. The molecule has 0 aromatic heterocycles. The molecule has 0 fully saturated rings. The molecule has 0 amide bonds. The second-order valence-electron chi connectivity index (χ2n) is 10.2. The highest BCUT2D eigenvalue weighted by Gasteiger charge is 2.50. The van der Waals surface area contributed by atoms with Gasteiger partial charge in [-0.05, 0) is 64.3 Å². The van der Waals surface area contributed by atoms with E-state index in [1.807, 2.05) is 0 Å². The van der Waals surface area contributed by atoms with Gasteiger partial charge in [0.1, 0.15) is 8.96 Å². The molecule has 0 rings (SSSR count). The number of hydrogen-bond donors (Lipinski definition) is 3. The number of hydrogen-bond acceptors (Lipinski definition) is 3. The first-order valence-electron chi connectivity index (χ1n) is 12.1. The molecule has 0 saturated carbocycles. The van der Waals surface area contributed by atoms with Crippen LogP contribution in [0.4, 0.5) is 0 Å². The number of nitrogens with zero attached hydrogens (tertiary/aromatic N) is 1. The summed E-state index contributed by atoms with van der Waals surface area (Å²) in [7, 11) is -1.05. The van der Waals surface area contributed by atoms with Crippen LogP contribution >= 0.6 is 12.2 Å². The minimum Gasteiger partial charge on any atom is -0.377 e. The summed E-state index contributed by atoms with van der Waals surface area (Å²) in [5.74, 6) is 0. The Labute approximate surface area is 202 Å². The van der Waals surface area contributed by atoms with Crippen molar-refractivity contribution in [3.05, 3.63) is 24.6 Å². The Morgan fingerprint density at radius 2 is 1.42 bits per heavy atom. The van der Waals surface area contributed by atoms with E-state index in [1.54, 1.807) is 0 Å². The van der Waals surface area contributed by atoms with E-state index in [0.717, 1.165) is 37.2 Å². The van der Waals surface area contributed by atoms with Gasteiger partial charge in [-0.2, -0.15) is 0 Å². The van der Waals surface area contributed by atoms with Crippen molar-refractivity contribution in [2.75, 3.05) is 7.05 Å². The molecule has 0 aliphatic heterocycles. The number of thiocarbonyl (C=S) groups is 1. The SMILES string of the molecule is C=C[SiH](N(C)C(=S)NC(C)(N)C(CC)(CC)[SiH](C=C)NC(C)(C)CC)C(C)(CC)CC. The van der Waals surface area contributed by atoms with Crippen LogP contribution < -0.4 is 16.0 Å². The molecule has 0 aromatic rings. The fraction of sp³-hybridized carbons (Fsp3) is 0.792. The van der Waals surface area contributed by atoms with Gasteiger partial charge in [0.2, 0.25) is 0 Å². The van der Waals surface area contributed by atoms with E-state index in [4.69, 9.17) is 18.0 Å². The molecule has 0 heterocycles. The molecule has 31 heavy (non-hydrogen) atoms. The highest BCUT2D eigenvalue weighted by Crippen LogP contribution is 2.46. The van der Waals surface area contributed by atoms with Gasteiger partial charge in [-0.3, -0.25) is 0 Å². The van der Waals surface area contributed by atoms with Crippen LogP contribution in [-0.4, -0.2) is 45.8 Å². The van der Waals surface area contributed by atoms with Crippen LogP contribution in [0.2, 0.25) is 10.1 Å². The van der Waals surface area contributed by atoms with E-state index in [2.05, 4.69) is 109 Å². The van der Waals surface area contributed by atoms with Crippen LogP contribution in [0, 0.1) is 0 Å². The molecule has 0 aliphatic rings. The molecule has 182 valence electrons. The highest BCUT2D eigenvalue weighted by molar-refractivity contribution is 7.80. The number of rotatable bonds is 14. The second kappa shape index (κ2) is 12.1. The van der Waals surface area contributed by atoms with E-state index in [1.165, 1.54) is 0 Å². The third kappa shape index (κ3) is 6.76. The molecule has 3 unspecified atom stereocenters. The van der Waals surface area contributed by atoms with Gasteiger partial charge in [0.05, 0.1) is 5.66 Å². The third-order valence-corrected chi connectivity index (χ3v) is 16.7. The summed E-state index contributed by atoms with van der Waals surface area (Å²) in [5.41, 5.74) is 10.8. The van der Waals surface area contributed by atoms with Crippen LogP contribution in [-0.2, 0) is 0 Å². The van der Waals surface area contributed by atoms with Crippen LogP contribution in [0.25, 0.3) is 0 Å². The average Bonchev–Trinajstić information content (AvgIpc) is 2.73. The molecule has 7 heteroatoms. The predicted molar refractivity (Wildman–Crippen MR) is 151 cm³/mol. The molecular weight excluding hydrogens is 433 g/mol. The van der Waals surface area contributed by atoms with Crippen molar-refractivity contribution in [1.82, 2.24) is 14.9 Å². The zero-order chi connectivity index (χ0) is 24.7. The summed E-state index contributed by atoms with van der Waals surface area (Å²) in [6.45, 7) is 28.7. The largest absolute Gasteiger partial charge is 0.377 e. The molecule has 3 atom stereocenters. The zero-order valence-corrected chi connectivity index (χ0v) is 25.3. The first kappa shape index (κ1) is 30.5. The van der Waals surface area contributed by atoms with Gasteiger partial charge >= 0.3 is 0 Å². The Morgan fingerprint density at radius 1 is 0.935 bits per heavy atom. The van der Waals surface area contributed by atoms with E-state index >= 15 is 0 Å². The number of nitrogens with two attached hydrogens (primary N) is 1. The normalized spacial score (nSPS) is 16.7. The van der Waals surface area contributed by atoms with Gasteiger partial charge < -0.3 is 20.6 Å². The zero-order valence-electron chi connectivity index (χ0n) is 22.2. The lowest BCUT2D eigenvalue weighted by molar-refractivity contribution is 0.257. The topological polar surface area (TPSA) is 53.3 Å². The molecule has 0 radical (unpaired) electrons. The maximum Gasteiger partial charge on any atom is 0.172 e. The average molecular weight is 485 g/mol. The van der Waals surface area contributed by atoms with E-state index in [9.17, 15) is 0 Å². The van der Waals surface area contributed by atoms with Crippen molar-refractivity contribution in [3.63, 3.8) is 0 Å². The summed E-state index contributed by atoms with van der Waals surface area (Å²) >= 11 is 5.94. The molecule has 4 N–H and O–H groups in total. The maximum absolute atomic E-state index is 7.12. The van der Waals surface area contributed by atoms with Crippen LogP contribution in [0.15, 0.2) is 24.6 Å². The molecule has 0 aromatic carbocycles. The molecule has 4 nitrogen and oxygen atoms in total. The monoisotopic (exact) mass is 484 g/mol. The summed E-state index contributed by atoms with van der Waals surface area (Å²) in [4.78, 5) is 3.96. The summed E-state index contributed by atoms with van der Waals surface area (Å²) in [6.07, 6.45) is 5.23. The van der Waals surface area contributed by atoms with Crippen molar-refractivity contribution in [3.8, 4) is 0 Å². The Bertz CT molecular complexity index is 598. The van der Waals surface area contributed by atoms with Crippen LogP contribution in [0.1, 0.15) is 94.4 Å². The smallest absolute Gasteiger partial charge is 0.172 e. The minimum atomic E-state index is -1.66. The lowest BCUT2D eigenvalue weighted by Gasteiger charge is -2.52. The van der Waals surface area contributed by atoms with Gasteiger partial charge in [0.25, 0.3) is 0 Å². The van der Waals surface area contributed by atoms with Gasteiger partial charge in [-0.1, -0.05) is 65.8 Å². The first-order chi connectivity index (χ1) is 14.2. The lowest BCUT2D eigenvalue weighted by atomic mass is 9.88. The summed E-state index contributed by atoms with van der Waals surface area (Å²) < 4.78 is 2.28. The number of nitrogens with one attached hydrogen (secondary N) is 2. The van der Waals surface area contributed by atoms with Crippen molar-refractivity contribution < 1.29 is 0 Å². The van der Waals surface area contributed by atoms with E-state index in [0.29, 0.717) is 0 Å². The Morgan fingerprint density at radius 3 is 1.74 bits per heavy atom. The van der Waals surface area contributed by atoms with Gasteiger partial charge in [0, 0.05) is 10.6 Å². The Hall–Kier alpha value is -0.476. The van der Waals surface area contributed by atoms with Gasteiger partial charge in [0.15, 0.2) is 14.1 Å². The Balaban J connectivity index is 6.03. The first-order valence-corrected chi connectivity index (χ1v) is 16.1. The summed E-state index contributed by atoms with van der Waals surface area (Å²) in [5, 5.41) is 4.49. The third-order valence-electron chi connectivity index (χ3n) is 8.21. The van der Waals surface area contributed by atoms with Crippen molar-refractivity contribution >= 4 is 35.2 Å². The molecule has 0 aliphatic carbocycles. The maximum atomic E-state index is 7.12. The van der Waals surface area contributed by atoms with Gasteiger partial charge in [-0.15, -0.1) is 13.2 Å². The summed E-state index contributed by atoms with van der Waals surface area (Å²) in [6, 6.07) is 0. The van der Waals surface area contributed by atoms with Crippen molar-refractivity contribution in [2.24, 2.45) is 5.73 Å². The molecule has 0 saturated heterocycles. The fourth-order valence-corrected chi connectivity index (χ4v) is 11.8. The standard InChI is InChI=1S/C24H52N4SSi2/c1-13-21(8,9)27-30(18-6)24(16-4,17-5)23(11,25)26-20(29)28(12)31(19-7)22(10,14-2)15-3/h18-19,27,30-31H,6-7,13-17,25H2,1-5,8-12H3,(H,26,29).